The van der Waals surface area contributed by atoms with Crippen LogP contribution in [0.1, 0.15) is 55.6 Å². The van der Waals surface area contributed by atoms with E-state index < -0.39 is 0 Å². The molecule has 1 fully saturated rings. The molecular formula is C20H26N3OS2+. The minimum Gasteiger partial charge on any atom is -0.338 e. The van der Waals surface area contributed by atoms with Gasteiger partial charge < -0.3 is 10.3 Å². The number of aromatic nitrogens is 2. The highest BCUT2D eigenvalue weighted by atomic mass is 32.1. The van der Waals surface area contributed by atoms with Crippen molar-refractivity contribution in [2.45, 2.75) is 64.5 Å². The summed E-state index contributed by atoms with van der Waals surface area (Å²) < 4.78 is 0. The van der Waals surface area contributed by atoms with E-state index in [9.17, 15) is 4.79 Å². The van der Waals surface area contributed by atoms with Gasteiger partial charge in [0, 0.05) is 20.7 Å². The van der Waals surface area contributed by atoms with Gasteiger partial charge in [0.1, 0.15) is 11.4 Å². The molecule has 0 aromatic carbocycles. The van der Waals surface area contributed by atoms with Crippen LogP contribution < -0.4 is 10.9 Å². The van der Waals surface area contributed by atoms with Crippen LogP contribution >= 0.6 is 22.7 Å². The second-order valence-electron chi connectivity index (χ2n) is 7.30. The lowest BCUT2D eigenvalue weighted by molar-refractivity contribution is -0.706. The highest BCUT2D eigenvalue weighted by Gasteiger charge is 2.17. The normalized spacial score (nSPS) is 16.7. The van der Waals surface area contributed by atoms with E-state index in [0.717, 1.165) is 33.0 Å². The molecule has 6 heteroatoms. The van der Waals surface area contributed by atoms with Gasteiger partial charge in [-0.2, -0.15) is 0 Å². The predicted octanol–water partition coefficient (Wildman–Crippen LogP) is 4.20. The highest BCUT2D eigenvalue weighted by molar-refractivity contribution is 7.19. The average Bonchev–Trinajstić information content (AvgIpc) is 3.20. The van der Waals surface area contributed by atoms with E-state index in [1.54, 1.807) is 22.7 Å². The Hall–Kier alpha value is -1.50. The van der Waals surface area contributed by atoms with Crippen molar-refractivity contribution in [1.82, 2.24) is 9.97 Å². The lowest BCUT2D eigenvalue weighted by Gasteiger charge is -2.17. The molecule has 0 atom stereocenters. The first-order valence-electron chi connectivity index (χ1n) is 9.61. The van der Waals surface area contributed by atoms with E-state index in [4.69, 9.17) is 4.98 Å². The molecule has 4 nitrogen and oxygen atoms in total. The van der Waals surface area contributed by atoms with Gasteiger partial charge in [-0.3, -0.25) is 4.79 Å². The molecule has 3 N–H and O–H groups in total. The molecule has 0 saturated heterocycles. The third-order valence-electron chi connectivity index (χ3n) is 5.29. The van der Waals surface area contributed by atoms with Gasteiger partial charge in [-0.05, 0) is 44.7 Å². The maximum Gasteiger partial charge on any atom is 0.260 e. The van der Waals surface area contributed by atoms with E-state index in [1.165, 1.54) is 49.8 Å². The third kappa shape index (κ3) is 3.92. The molecule has 0 bridgehead atoms. The third-order valence-corrected chi connectivity index (χ3v) is 7.20. The lowest BCUT2D eigenvalue weighted by atomic mass is 9.97. The molecule has 0 amide bonds. The summed E-state index contributed by atoms with van der Waals surface area (Å²) in [4.78, 5) is 23.8. The van der Waals surface area contributed by atoms with Gasteiger partial charge in [-0.1, -0.05) is 19.3 Å². The van der Waals surface area contributed by atoms with E-state index >= 15 is 0 Å². The maximum atomic E-state index is 12.7. The zero-order valence-electron chi connectivity index (χ0n) is 15.2. The van der Waals surface area contributed by atoms with E-state index in [-0.39, 0.29) is 5.56 Å². The molecule has 4 rings (SSSR count). The molecule has 0 spiro atoms. The molecule has 26 heavy (non-hydrogen) atoms. The van der Waals surface area contributed by atoms with Crippen LogP contribution in [0, 0.1) is 6.92 Å². The summed E-state index contributed by atoms with van der Waals surface area (Å²) in [5.74, 6) is 0.806. The fraction of sp³-hybridized carbons (Fsp3) is 0.500. The van der Waals surface area contributed by atoms with Crippen molar-refractivity contribution in [2.24, 2.45) is 0 Å². The van der Waals surface area contributed by atoms with Crippen molar-refractivity contribution in [1.29, 1.82) is 0 Å². The van der Waals surface area contributed by atoms with Gasteiger partial charge in [-0.25, -0.2) is 4.98 Å². The van der Waals surface area contributed by atoms with Gasteiger partial charge >= 0.3 is 0 Å². The van der Waals surface area contributed by atoms with Gasteiger partial charge in [0.25, 0.3) is 5.56 Å². The number of hydrogen-bond acceptors (Lipinski definition) is 4. The minimum absolute atomic E-state index is 0.00151. The first kappa shape index (κ1) is 17.9. The molecule has 138 valence electrons. The molecule has 0 aliphatic heterocycles. The summed E-state index contributed by atoms with van der Waals surface area (Å²) in [5.41, 5.74) is 1.02. The van der Waals surface area contributed by atoms with Gasteiger partial charge in [-0.15, -0.1) is 22.7 Å². The summed E-state index contributed by atoms with van der Waals surface area (Å²) in [6.45, 7) is 2.86. The van der Waals surface area contributed by atoms with Gasteiger partial charge in [0.15, 0.2) is 5.82 Å². The molecule has 0 unspecified atom stereocenters. The molecule has 3 aromatic rings. The standard InChI is InChI=1S/C20H25N3OS2/c1-13-9-10-16(26-13)15-12-25-20-18(15)19(24)22-17(23-20)11-21-14-7-5-3-2-4-6-8-14/h9-10,12,14,21H,2-8,11H2,1H3,(H,22,23,24)/p+1. The Labute approximate surface area is 161 Å². The first-order valence-corrected chi connectivity index (χ1v) is 11.3. The Morgan fingerprint density at radius 3 is 2.69 bits per heavy atom. The predicted molar refractivity (Wildman–Crippen MR) is 110 cm³/mol. The fourth-order valence-electron chi connectivity index (χ4n) is 3.85. The molecule has 1 aliphatic rings. The Bertz CT molecular complexity index is 932. The Morgan fingerprint density at radius 1 is 1.19 bits per heavy atom. The first-order chi connectivity index (χ1) is 12.7. The zero-order valence-corrected chi connectivity index (χ0v) is 16.8. The quantitative estimate of drug-likeness (QED) is 0.704. The molecule has 1 aliphatic carbocycles. The fourth-order valence-corrected chi connectivity index (χ4v) is 5.77. The summed E-state index contributed by atoms with van der Waals surface area (Å²) in [6.07, 6.45) is 9.36. The van der Waals surface area contributed by atoms with Crippen molar-refractivity contribution >= 4 is 32.9 Å². The number of nitrogens with zero attached hydrogens (tertiary/aromatic N) is 1. The van der Waals surface area contributed by atoms with Crippen LogP contribution in [-0.2, 0) is 6.54 Å². The van der Waals surface area contributed by atoms with Crippen LogP contribution in [0.15, 0.2) is 22.3 Å². The minimum atomic E-state index is -0.00151. The number of aryl methyl sites for hydroxylation is 1. The van der Waals surface area contributed by atoms with Crippen molar-refractivity contribution in [2.75, 3.05) is 0 Å². The second-order valence-corrected chi connectivity index (χ2v) is 9.44. The SMILES string of the molecule is Cc1ccc(-c2csc3nc(C[NH2+]C4CCCCCCC4)[nH]c(=O)c23)s1. The van der Waals surface area contributed by atoms with Crippen LogP contribution in [0.4, 0.5) is 0 Å². The van der Waals surface area contributed by atoms with E-state index in [1.807, 2.05) is 0 Å². The summed E-state index contributed by atoms with van der Waals surface area (Å²) >= 11 is 3.30. The van der Waals surface area contributed by atoms with Crippen LogP contribution in [0.25, 0.3) is 20.7 Å². The average molecular weight is 389 g/mol. The largest absolute Gasteiger partial charge is 0.338 e. The number of hydrogen-bond donors (Lipinski definition) is 2. The summed E-state index contributed by atoms with van der Waals surface area (Å²) in [6, 6.07) is 4.87. The second kappa shape index (κ2) is 8.03. The topological polar surface area (TPSA) is 62.4 Å². The molecule has 3 aromatic heterocycles. The number of nitrogens with two attached hydrogens (primary N) is 1. The Morgan fingerprint density at radius 2 is 1.96 bits per heavy atom. The number of fused-ring (bicyclic) bond motifs is 1. The monoisotopic (exact) mass is 388 g/mol. The van der Waals surface area contributed by atoms with Crippen molar-refractivity contribution in [3.8, 4) is 10.4 Å². The maximum absolute atomic E-state index is 12.7. The number of aromatic amines is 1. The molecule has 3 heterocycles. The number of H-pyrrole nitrogens is 1. The van der Waals surface area contributed by atoms with Crippen LogP contribution in [0.2, 0.25) is 0 Å². The molecule has 1 saturated carbocycles. The van der Waals surface area contributed by atoms with Crippen LogP contribution in [0.3, 0.4) is 0 Å². The van der Waals surface area contributed by atoms with Crippen molar-refractivity contribution in [3.63, 3.8) is 0 Å². The molecule has 0 radical (unpaired) electrons. The van der Waals surface area contributed by atoms with Crippen LogP contribution in [-0.4, -0.2) is 16.0 Å². The van der Waals surface area contributed by atoms with E-state index in [0.29, 0.717) is 6.04 Å². The van der Waals surface area contributed by atoms with Gasteiger partial charge in [0.05, 0.1) is 11.4 Å². The summed E-state index contributed by atoms with van der Waals surface area (Å²) in [5, 5.41) is 5.19. The Balaban J connectivity index is 1.53. The lowest BCUT2D eigenvalue weighted by Crippen LogP contribution is -2.88. The smallest absolute Gasteiger partial charge is 0.260 e. The number of quaternary nitrogens is 1. The number of rotatable bonds is 4. The summed E-state index contributed by atoms with van der Waals surface area (Å²) in [7, 11) is 0. The Kier molecular flexibility index (Phi) is 5.52. The van der Waals surface area contributed by atoms with Gasteiger partial charge in [0.2, 0.25) is 0 Å². The number of thiophene rings is 2. The zero-order chi connectivity index (χ0) is 17.9. The molecular weight excluding hydrogens is 362 g/mol. The number of nitrogens with one attached hydrogen (secondary N) is 1. The highest BCUT2D eigenvalue weighted by Crippen LogP contribution is 2.34. The van der Waals surface area contributed by atoms with Crippen molar-refractivity contribution < 1.29 is 5.32 Å². The van der Waals surface area contributed by atoms with Crippen molar-refractivity contribution in [3.05, 3.63) is 38.6 Å². The van der Waals surface area contributed by atoms with Crippen LogP contribution in [0.5, 0.6) is 0 Å². The van der Waals surface area contributed by atoms with E-state index in [2.05, 4.69) is 34.7 Å².